The Morgan fingerprint density at radius 2 is 1.90 bits per heavy atom. The van der Waals surface area contributed by atoms with E-state index in [0.717, 1.165) is 29.7 Å². The van der Waals surface area contributed by atoms with Crippen molar-refractivity contribution in [2.24, 2.45) is 0 Å². The quantitative estimate of drug-likeness (QED) is 0.925. The largest absolute Gasteiger partial charge is 0.496 e. The first-order valence-electron chi connectivity index (χ1n) is 6.82. The molecule has 3 heteroatoms. The van der Waals surface area contributed by atoms with E-state index < -0.39 is 0 Å². The van der Waals surface area contributed by atoms with E-state index in [1.807, 2.05) is 6.07 Å². The van der Waals surface area contributed by atoms with Gasteiger partial charge in [-0.15, -0.1) is 0 Å². The summed E-state index contributed by atoms with van der Waals surface area (Å²) in [4.78, 5) is 0. The standard InChI is InChI=1S/C17H18BrNO/c1-20-16-8-7-13(9-15(16)18)10-17(11-19-12-17)14-5-3-2-4-6-14/h2-9,19H,10-12H2,1H3. The molecule has 0 aliphatic carbocycles. The third kappa shape index (κ3) is 2.48. The van der Waals surface area contributed by atoms with E-state index >= 15 is 0 Å². The number of halogens is 1. The molecule has 3 rings (SSSR count). The lowest BCUT2D eigenvalue weighted by Crippen LogP contribution is -2.58. The van der Waals surface area contributed by atoms with Crippen LogP contribution in [0.3, 0.4) is 0 Å². The van der Waals surface area contributed by atoms with Crippen LogP contribution < -0.4 is 10.1 Å². The van der Waals surface area contributed by atoms with Crippen LogP contribution in [0.15, 0.2) is 53.0 Å². The van der Waals surface area contributed by atoms with Gasteiger partial charge in [0.25, 0.3) is 0 Å². The number of hydrogen-bond acceptors (Lipinski definition) is 2. The van der Waals surface area contributed by atoms with Crippen molar-refractivity contribution >= 4 is 15.9 Å². The smallest absolute Gasteiger partial charge is 0.133 e. The predicted octanol–water partition coefficient (Wildman–Crippen LogP) is 3.54. The zero-order chi connectivity index (χ0) is 14.0. The van der Waals surface area contributed by atoms with Gasteiger partial charge in [-0.1, -0.05) is 36.4 Å². The minimum atomic E-state index is 0.231. The van der Waals surface area contributed by atoms with Crippen molar-refractivity contribution in [3.63, 3.8) is 0 Å². The summed E-state index contributed by atoms with van der Waals surface area (Å²) in [5.41, 5.74) is 2.99. The molecule has 1 heterocycles. The summed E-state index contributed by atoms with van der Waals surface area (Å²) in [6.07, 6.45) is 1.05. The second-order valence-electron chi connectivity index (χ2n) is 5.40. The van der Waals surface area contributed by atoms with E-state index in [0.29, 0.717) is 0 Å². The molecule has 0 radical (unpaired) electrons. The van der Waals surface area contributed by atoms with Crippen LogP contribution in [0.25, 0.3) is 0 Å². The van der Waals surface area contributed by atoms with Crippen LogP contribution in [0.4, 0.5) is 0 Å². The first-order chi connectivity index (χ1) is 9.73. The van der Waals surface area contributed by atoms with Crippen molar-refractivity contribution in [2.75, 3.05) is 20.2 Å². The van der Waals surface area contributed by atoms with Gasteiger partial charge in [-0.3, -0.25) is 0 Å². The molecule has 0 aromatic heterocycles. The van der Waals surface area contributed by atoms with Crippen LogP contribution in [0.1, 0.15) is 11.1 Å². The molecule has 0 atom stereocenters. The lowest BCUT2D eigenvalue weighted by atomic mass is 9.71. The molecule has 1 aliphatic heterocycles. The average Bonchev–Trinajstić information content (AvgIpc) is 2.44. The van der Waals surface area contributed by atoms with Crippen molar-refractivity contribution in [1.82, 2.24) is 5.32 Å². The maximum atomic E-state index is 5.30. The second kappa shape index (κ2) is 5.58. The first-order valence-corrected chi connectivity index (χ1v) is 7.61. The summed E-state index contributed by atoms with van der Waals surface area (Å²) in [6.45, 7) is 2.08. The molecule has 2 aromatic carbocycles. The SMILES string of the molecule is COc1ccc(CC2(c3ccccc3)CNC2)cc1Br. The minimum Gasteiger partial charge on any atom is -0.496 e. The van der Waals surface area contributed by atoms with Gasteiger partial charge in [0.1, 0.15) is 5.75 Å². The molecule has 0 amide bonds. The second-order valence-corrected chi connectivity index (χ2v) is 6.25. The molecule has 1 N–H and O–H groups in total. The molecular formula is C17H18BrNO. The van der Waals surface area contributed by atoms with Gasteiger partial charge >= 0.3 is 0 Å². The number of methoxy groups -OCH3 is 1. The molecule has 0 saturated carbocycles. The zero-order valence-corrected chi connectivity index (χ0v) is 13.1. The normalized spacial score (nSPS) is 16.5. The van der Waals surface area contributed by atoms with Gasteiger partial charge in [0.15, 0.2) is 0 Å². The maximum absolute atomic E-state index is 5.30. The molecule has 1 saturated heterocycles. The Hall–Kier alpha value is -1.32. The molecule has 1 aliphatic rings. The highest BCUT2D eigenvalue weighted by atomic mass is 79.9. The molecule has 104 valence electrons. The Bertz CT molecular complexity index is 593. The van der Waals surface area contributed by atoms with Crippen LogP contribution in [-0.4, -0.2) is 20.2 Å². The molecule has 0 unspecified atom stereocenters. The van der Waals surface area contributed by atoms with Crippen molar-refractivity contribution < 1.29 is 4.74 Å². The highest BCUT2D eigenvalue weighted by Gasteiger charge is 2.38. The van der Waals surface area contributed by atoms with E-state index in [2.05, 4.69) is 63.7 Å². The molecule has 2 nitrogen and oxygen atoms in total. The number of rotatable bonds is 4. The van der Waals surface area contributed by atoms with Crippen LogP contribution in [0.2, 0.25) is 0 Å². The number of hydrogen-bond donors (Lipinski definition) is 1. The van der Waals surface area contributed by atoms with E-state index in [-0.39, 0.29) is 5.41 Å². The Labute approximate surface area is 128 Å². The molecule has 2 aromatic rings. The Morgan fingerprint density at radius 3 is 2.45 bits per heavy atom. The van der Waals surface area contributed by atoms with Crippen molar-refractivity contribution in [2.45, 2.75) is 11.8 Å². The highest BCUT2D eigenvalue weighted by molar-refractivity contribution is 9.10. The maximum Gasteiger partial charge on any atom is 0.133 e. The molecule has 1 fully saturated rings. The molecule has 0 spiro atoms. The van der Waals surface area contributed by atoms with E-state index in [1.165, 1.54) is 11.1 Å². The van der Waals surface area contributed by atoms with Gasteiger partial charge in [-0.05, 0) is 45.6 Å². The fourth-order valence-electron chi connectivity index (χ4n) is 2.86. The van der Waals surface area contributed by atoms with Crippen LogP contribution in [0.5, 0.6) is 5.75 Å². The number of nitrogens with one attached hydrogen (secondary N) is 1. The van der Waals surface area contributed by atoms with Gasteiger partial charge in [-0.2, -0.15) is 0 Å². The lowest BCUT2D eigenvalue weighted by Gasteiger charge is -2.43. The predicted molar refractivity (Wildman–Crippen MR) is 85.4 cm³/mol. The van der Waals surface area contributed by atoms with Crippen molar-refractivity contribution in [1.29, 1.82) is 0 Å². The topological polar surface area (TPSA) is 21.3 Å². The molecule has 0 bridgehead atoms. The highest BCUT2D eigenvalue weighted by Crippen LogP contribution is 2.34. The van der Waals surface area contributed by atoms with Gasteiger partial charge in [0.2, 0.25) is 0 Å². The number of benzene rings is 2. The summed E-state index contributed by atoms with van der Waals surface area (Å²) >= 11 is 3.57. The summed E-state index contributed by atoms with van der Waals surface area (Å²) in [7, 11) is 1.70. The third-order valence-electron chi connectivity index (χ3n) is 4.07. The van der Waals surface area contributed by atoms with Gasteiger partial charge in [-0.25, -0.2) is 0 Å². The summed E-state index contributed by atoms with van der Waals surface area (Å²) < 4.78 is 6.32. The number of ether oxygens (including phenoxy) is 1. The summed E-state index contributed by atoms with van der Waals surface area (Å²) in [6, 6.07) is 17.2. The summed E-state index contributed by atoms with van der Waals surface area (Å²) in [5, 5.41) is 3.42. The van der Waals surface area contributed by atoms with Gasteiger partial charge < -0.3 is 10.1 Å². The fraction of sp³-hybridized carbons (Fsp3) is 0.294. The van der Waals surface area contributed by atoms with Crippen molar-refractivity contribution in [3.05, 3.63) is 64.1 Å². The monoisotopic (exact) mass is 331 g/mol. The van der Waals surface area contributed by atoms with E-state index in [4.69, 9.17) is 4.74 Å². The van der Waals surface area contributed by atoms with Crippen LogP contribution in [0, 0.1) is 0 Å². The molecule has 20 heavy (non-hydrogen) atoms. The van der Waals surface area contributed by atoms with Gasteiger partial charge in [0, 0.05) is 18.5 Å². The Kier molecular flexibility index (Phi) is 3.81. The van der Waals surface area contributed by atoms with Gasteiger partial charge in [0.05, 0.1) is 11.6 Å². The first kappa shape index (κ1) is 13.7. The zero-order valence-electron chi connectivity index (χ0n) is 11.5. The minimum absolute atomic E-state index is 0.231. The van der Waals surface area contributed by atoms with E-state index in [1.54, 1.807) is 7.11 Å². The average molecular weight is 332 g/mol. The lowest BCUT2D eigenvalue weighted by molar-refractivity contribution is 0.274. The Morgan fingerprint density at radius 1 is 1.15 bits per heavy atom. The van der Waals surface area contributed by atoms with Crippen LogP contribution >= 0.6 is 15.9 Å². The molecular weight excluding hydrogens is 314 g/mol. The summed E-state index contributed by atoms with van der Waals surface area (Å²) in [5.74, 6) is 0.884. The Balaban J connectivity index is 1.87. The fourth-order valence-corrected chi connectivity index (χ4v) is 3.45. The third-order valence-corrected chi connectivity index (χ3v) is 4.69. The van der Waals surface area contributed by atoms with E-state index in [9.17, 15) is 0 Å². The van der Waals surface area contributed by atoms with Crippen LogP contribution in [-0.2, 0) is 11.8 Å². The van der Waals surface area contributed by atoms with Crippen molar-refractivity contribution in [3.8, 4) is 5.75 Å².